The lowest BCUT2D eigenvalue weighted by Crippen LogP contribution is -2.21. The van der Waals surface area contributed by atoms with Gasteiger partial charge in [0, 0.05) is 5.92 Å². The van der Waals surface area contributed by atoms with Crippen LogP contribution in [0.2, 0.25) is 0 Å². The molecule has 19 heavy (non-hydrogen) atoms. The Hall–Kier alpha value is -0.510. The first-order chi connectivity index (χ1) is 9.08. The number of hydrogen-bond donors (Lipinski definition) is 0. The van der Waals surface area contributed by atoms with Gasteiger partial charge in [0.2, 0.25) is 0 Å². The van der Waals surface area contributed by atoms with Crippen LogP contribution in [-0.2, 0) is 0 Å². The van der Waals surface area contributed by atoms with Crippen molar-refractivity contribution in [1.29, 1.82) is 5.26 Å². The molecule has 0 aromatic rings. The van der Waals surface area contributed by atoms with Gasteiger partial charge in [-0.1, -0.05) is 53.9 Å². The zero-order chi connectivity index (χ0) is 14.7. The second-order valence-corrected chi connectivity index (χ2v) is 6.59. The van der Waals surface area contributed by atoms with Crippen molar-refractivity contribution in [3.63, 3.8) is 0 Å². The van der Waals surface area contributed by atoms with E-state index in [1.165, 1.54) is 38.5 Å². The van der Waals surface area contributed by atoms with E-state index in [0.717, 1.165) is 30.6 Å². The number of nitriles is 1. The number of nitrogens with zero attached hydrogens (tertiary/aromatic N) is 1. The summed E-state index contributed by atoms with van der Waals surface area (Å²) in [5.41, 5.74) is 0. The summed E-state index contributed by atoms with van der Waals surface area (Å²) in [6.07, 6.45) is 10.3. The first-order valence-corrected chi connectivity index (χ1v) is 8.48. The largest absolute Gasteiger partial charge is 0.198 e. The van der Waals surface area contributed by atoms with Gasteiger partial charge in [0.05, 0.1) is 6.07 Å². The van der Waals surface area contributed by atoms with Crippen LogP contribution in [0, 0.1) is 35.0 Å². The monoisotopic (exact) mass is 265 g/mol. The summed E-state index contributed by atoms with van der Waals surface area (Å²) >= 11 is 0. The van der Waals surface area contributed by atoms with E-state index in [2.05, 4.69) is 40.7 Å². The van der Waals surface area contributed by atoms with Gasteiger partial charge in [0.15, 0.2) is 0 Å². The molecule has 1 heteroatoms. The predicted octanol–water partition coefficient (Wildman–Crippen LogP) is 6.20. The molecule has 0 N–H and O–H groups in total. The van der Waals surface area contributed by atoms with Crippen molar-refractivity contribution < 1.29 is 0 Å². The zero-order valence-electron chi connectivity index (χ0n) is 13.9. The van der Waals surface area contributed by atoms with E-state index in [4.69, 9.17) is 5.26 Å². The molecule has 1 atom stereocenters. The molecule has 0 aromatic carbocycles. The normalized spacial score (nSPS) is 24.3. The Morgan fingerprint density at radius 2 is 1.53 bits per heavy atom. The van der Waals surface area contributed by atoms with E-state index in [9.17, 15) is 0 Å². The average Bonchev–Trinajstić information content (AvgIpc) is 2.41. The minimum absolute atomic E-state index is 0.360. The molecule has 0 aliphatic heterocycles. The maximum absolute atomic E-state index is 8.90. The summed E-state index contributed by atoms with van der Waals surface area (Å²) in [7, 11) is 0. The van der Waals surface area contributed by atoms with Crippen LogP contribution in [0.1, 0.15) is 86.0 Å². The third-order valence-corrected chi connectivity index (χ3v) is 4.26. The van der Waals surface area contributed by atoms with Crippen molar-refractivity contribution >= 4 is 0 Å². The molecule has 0 amide bonds. The summed E-state index contributed by atoms with van der Waals surface area (Å²) < 4.78 is 0. The van der Waals surface area contributed by atoms with E-state index < -0.39 is 0 Å². The minimum Gasteiger partial charge on any atom is -0.198 e. The van der Waals surface area contributed by atoms with Gasteiger partial charge in [-0.05, 0) is 49.9 Å². The van der Waals surface area contributed by atoms with E-state index in [-0.39, 0.29) is 0 Å². The van der Waals surface area contributed by atoms with Crippen LogP contribution < -0.4 is 0 Å². The van der Waals surface area contributed by atoms with Gasteiger partial charge in [0.1, 0.15) is 0 Å². The molecular formula is C18H35N. The quantitative estimate of drug-likeness (QED) is 0.581. The van der Waals surface area contributed by atoms with Crippen LogP contribution >= 0.6 is 0 Å². The third-order valence-electron chi connectivity index (χ3n) is 4.26. The smallest absolute Gasteiger partial charge is 0.0655 e. The molecule has 1 fully saturated rings. The van der Waals surface area contributed by atoms with Gasteiger partial charge in [-0.3, -0.25) is 0 Å². The van der Waals surface area contributed by atoms with Crippen molar-refractivity contribution in [1.82, 2.24) is 0 Å². The van der Waals surface area contributed by atoms with Crippen LogP contribution in [0.15, 0.2) is 0 Å². The van der Waals surface area contributed by atoms with Crippen molar-refractivity contribution in [2.24, 2.45) is 23.7 Å². The summed E-state index contributed by atoms with van der Waals surface area (Å²) in [5.74, 6) is 3.03. The summed E-state index contributed by atoms with van der Waals surface area (Å²) in [5, 5.41) is 8.90. The Bertz CT molecular complexity index is 231. The molecule has 0 saturated heterocycles. The van der Waals surface area contributed by atoms with Gasteiger partial charge in [-0.25, -0.2) is 0 Å². The molecule has 0 heterocycles. The highest BCUT2D eigenvalue weighted by atomic mass is 14.3. The second kappa shape index (κ2) is 11.3. The van der Waals surface area contributed by atoms with Crippen LogP contribution in [0.4, 0.5) is 0 Å². The van der Waals surface area contributed by atoms with Crippen LogP contribution in [0.3, 0.4) is 0 Å². The Kier molecular flexibility index (Phi) is 11.0. The Morgan fingerprint density at radius 3 is 1.89 bits per heavy atom. The summed E-state index contributed by atoms with van der Waals surface area (Å²) in [6, 6.07) is 2.43. The summed E-state index contributed by atoms with van der Waals surface area (Å²) in [4.78, 5) is 0. The standard InChI is InChI=1S/C15H27N.C3H8/c1-4-14(8-5-12(2)3)15-9-6-13(11-16)7-10-15;1-3-2/h12-15H,4-10H2,1-3H3;3H2,1-2H3. The van der Waals surface area contributed by atoms with E-state index >= 15 is 0 Å². The summed E-state index contributed by atoms with van der Waals surface area (Å²) in [6.45, 7) is 11.2. The Morgan fingerprint density at radius 1 is 1.00 bits per heavy atom. The van der Waals surface area contributed by atoms with Crippen molar-refractivity contribution in [3.8, 4) is 6.07 Å². The molecule has 0 radical (unpaired) electrons. The van der Waals surface area contributed by atoms with E-state index in [1.807, 2.05) is 0 Å². The van der Waals surface area contributed by atoms with Gasteiger partial charge < -0.3 is 0 Å². The number of hydrogen-bond acceptors (Lipinski definition) is 1. The molecule has 0 bridgehead atoms. The predicted molar refractivity (Wildman–Crippen MR) is 84.9 cm³/mol. The molecule has 1 nitrogen and oxygen atoms in total. The van der Waals surface area contributed by atoms with Crippen LogP contribution in [-0.4, -0.2) is 0 Å². The molecule has 1 aliphatic carbocycles. The third kappa shape index (κ3) is 8.30. The molecule has 1 rings (SSSR count). The van der Waals surface area contributed by atoms with Gasteiger partial charge in [-0.2, -0.15) is 5.26 Å². The van der Waals surface area contributed by atoms with E-state index in [1.54, 1.807) is 0 Å². The topological polar surface area (TPSA) is 23.8 Å². The van der Waals surface area contributed by atoms with Gasteiger partial charge in [-0.15, -0.1) is 0 Å². The molecule has 1 saturated carbocycles. The molecule has 0 aromatic heterocycles. The highest BCUT2D eigenvalue weighted by Gasteiger charge is 2.26. The average molecular weight is 265 g/mol. The highest BCUT2D eigenvalue weighted by Crippen LogP contribution is 2.36. The fourth-order valence-electron chi connectivity index (χ4n) is 3.04. The molecule has 112 valence electrons. The SMILES string of the molecule is CCC.CCC(CCC(C)C)C1CCC(C#N)CC1. The Labute approximate surface area is 121 Å². The minimum atomic E-state index is 0.360. The zero-order valence-corrected chi connectivity index (χ0v) is 13.9. The maximum atomic E-state index is 8.90. The number of rotatable bonds is 5. The first kappa shape index (κ1) is 18.5. The molecular weight excluding hydrogens is 230 g/mol. The van der Waals surface area contributed by atoms with Gasteiger partial charge in [0.25, 0.3) is 0 Å². The van der Waals surface area contributed by atoms with Crippen molar-refractivity contribution in [3.05, 3.63) is 0 Å². The lowest BCUT2D eigenvalue weighted by Gasteiger charge is -2.31. The van der Waals surface area contributed by atoms with Gasteiger partial charge >= 0.3 is 0 Å². The van der Waals surface area contributed by atoms with Crippen LogP contribution in [0.25, 0.3) is 0 Å². The molecule has 0 spiro atoms. The van der Waals surface area contributed by atoms with Crippen molar-refractivity contribution in [2.75, 3.05) is 0 Å². The second-order valence-electron chi connectivity index (χ2n) is 6.59. The lowest BCUT2D eigenvalue weighted by atomic mass is 9.73. The van der Waals surface area contributed by atoms with Crippen LogP contribution in [0.5, 0.6) is 0 Å². The first-order valence-electron chi connectivity index (χ1n) is 8.48. The Balaban J connectivity index is 0.000000982. The van der Waals surface area contributed by atoms with Crippen molar-refractivity contribution in [2.45, 2.75) is 86.0 Å². The fourth-order valence-corrected chi connectivity index (χ4v) is 3.04. The fraction of sp³-hybridized carbons (Fsp3) is 0.944. The molecule has 1 aliphatic rings. The highest BCUT2D eigenvalue weighted by molar-refractivity contribution is 4.88. The molecule has 1 unspecified atom stereocenters. The maximum Gasteiger partial charge on any atom is 0.0655 e. The lowest BCUT2D eigenvalue weighted by molar-refractivity contribution is 0.202. The van der Waals surface area contributed by atoms with E-state index in [0.29, 0.717) is 5.92 Å².